The first kappa shape index (κ1) is 25.9. The zero-order chi connectivity index (χ0) is 21.2. The third-order valence-electron chi connectivity index (χ3n) is 3.71. The molecule has 2 heterocycles. The Morgan fingerprint density at radius 2 is 1.86 bits per heavy atom. The van der Waals surface area contributed by atoms with Gasteiger partial charge in [0.05, 0.1) is 15.4 Å². The fraction of sp³-hybridized carbons (Fsp3) is 0.435. The van der Waals surface area contributed by atoms with Gasteiger partial charge >= 0.3 is 0 Å². The maximum absolute atomic E-state index is 10.6. The average molecular weight is 402 g/mol. The van der Waals surface area contributed by atoms with Gasteiger partial charge in [0.15, 0.2) is 6.29 Å². The monoisotopic (exact) mass is 401 g/mol. The van der Waals surface area contributed by atoms with Crippen molar-refractivity contribution in [3.05, 3.63) is 51.7 Å². The average Bonchev–Trinajstić information content (AvgIpc) is 3.16. The fourth-order valence-electron chi connectivity index (χ4n) is 2.33. The number of hydrogen-bond donors (Lipinski definition) is 3. The highest BCUT2D eigenvalue weighted by molar-refractivity contribution is 7.14. The van der Waals surface area contributed by atoms with E-state index in [1.54, 1.807) is 6.07 Å². The van der Waals surface area contributed by atoms with Crippen molar-refractivity contribution >= 4 is 23.3 Å². The van der Waals surface area contributed by atoms with Crippen LogP contribution in [0.1, 0.15) is 60.6 Å². The number of benzene rings is 1. The molecule has 1 aliphatic heterocycles. The first-order chi connectivity index (χ1) is 13.7. The summed E-state index contributed by atoms with van der Waals surface area (Å²) in [6, 6.07) is 12.1. The van der Waals surface area contributed by atoms with Crippen LogP contribution in [0, 0.1) is 11.8 Å². The smallest absolute Gasteiger partial charge is 0.162 e. The second-order valence-corrected chi connectivity index (χ2v) is 6.58. The van der Waals surface area contributed by atoms with Gasteiger partial charge in [-0.2, -0.15) is 0 Å². The molecule has 2 aromatic rings. The number of piperidine rings is 1. The summed E-state index contributed by atoms with van der Waals surface area (Å²) in [5, 5.41) is 6.56. The quantitative estimate of drug-likeness (QED) is 0.510. The van der Waals surface area contributed by atoms with E-state index in [4.69, 9.17) is 5.73 Å². The standard InChI is InChI=1S/C13H9NOS.C6H14N2.2C2H6/c14-12-8-11(16-13(12)9-15)7-6-10-4-2-1-3-5-10;1-7-6-3-2-4-8-5-6;2*1-2/h1-5,8-9H,14H2;6-8H,2-5H2,1H3;2*1-2H3. The van der Waals surface area contributed by atoms with E-state index < -0.39 is 0 Å². The molecule has 1 atom stereocenters. The molecule has 1 aromatic carbocycles. The predicted octanol–water partition coefficient (Wildman–Crippen LogP) is 4.55. The molecule has 154 valence electrons. The van der Waals surface area contributed by atoms with Crippen molar-refractivity contribution in [3.8, 4) is 11.8 Å². The molecule has 0 radical (unpaired) electrons. The first-order valence-electron chi connectivity index (χ1n) is 10.0. The molecule has 1 unspecified atom stereocenters. The summed E-state index contributed by atoms with van der Waals surface area (Å²) in [4.78, 5) is 11.9. The number of anilines is 1. The van der Waals surface area contributed by atoms with Crippen molar-refractivity contribution in [3.63, 3.8) is 0 Å². The molecule has 28 heavy (non-hydrogen) atoms. The maximum atomic E-state index is 10.6. The molecule has 3 rings (SSSR count). The second-order valence-electron chi connectivity index (χ2n) is 5.50. The van der Waals surface area contributed by atoms with Crippen molar-refractivity contribution in [2.45, 2.75) is 46.6 Å². The molecule has 4 nitrogen and oxygen atoms in total. The number of nitrogen functional groups attached to an aromatic ring is 1. The Morgan fingerprint density at radius 3 is 2.32 bits per heavy atom. The molecule has 1 fully saturated rings. The molecule has 0 bridgehead atoms. The number of likely N-dealkylation sites (N-methyl/N-ethyl adjacent to an activating group) is 1. The van der Waals surface area contributed by atoms with Crippen LogP contribution in [0.25, 0.3) is 0 Å². The van der Waals surface area contributed by atoms with Gasteiger partial charge in [0.1, 0.15) is 0 Å². The summed E-state index contributed by atoms with van der Waals surface area (Å²) in [5.41, 5.74) is 7.08. The van der Waals surface area contributed by atoms with Crippen molar-refractivity contribution in [2.24, 2.45) is 0 Å². The van der Waals surface area contributed by atoms with Gasteiger partial charge in [-0.25, -0.2) is 0 Å². The summed E-state index contributed by atoms with van der Waals surface area (Å²) < 4.78 is 0. The summed E-state index contributed by atoms with van der Waals surface area (Å²) in [7, 11) is 2.03. The number of nitrogens with two attached hydrogens (primary N) is 1. The van der Waals surface area contributed by atoms with Crippen LogP contribution in [0.2, 0.25) is 0 Å². The lowest BCUT2D eigenvalue weighted by molar-refractivity contribution is 0.112. The first-order valence-corrected chi connectivity index (χ1v) is 10.8. The van der Waals surface area contributed by atoms with Crippen LogP contribution in [0.4, 0.5) is 5.69 Å². The highest BCUT2D eigenvalue weighted by Gasteiger charge is 2.08. The van der Waals surface area contributed by atoms with Crippen LogP contribution in [0.15, 0.2) is 36.4 Å². The van der Waals surface area contributed by atoms with E-state index in [0.29, 0.717) is 10.6 Å². The Hall–Kier alpha value is -2.13. The van der Waals surface area contributed by atoms with Gasteiger partial charge in [0, 0.05) is 18.2 Å². The topological polar surface area (TPSA) is 67.2 Å². The lowest BCUT2D eigenvalue weighted by Crippen LogP contribution is -2.41. The summed E-state index contributed by atoms with van der Waals surface area (Å²) >= 11 is 1.31. The van der Waals surface area contributed by atoms with Gasteiger partial charge in [-0.05, 0) is 44.6 Å². The Bertz CT molecular complexity index is 696. The largest absolute Gasteiger partial charge is 0.397 e. The third-order valence-corrected chi connectivity index (χ3v) is 4.70. The molecule has 0 spiro atoms. The van der Waals surface area contributed by atoms with Crippen LogP contribution in [-0.2, 0) is 0 Å². The lowest BCUT2D eigenvalue weighted by Gasteiger charge is -2.21. The zero-order valence-corrected chi connectivity index (χ0v) is 18.7. The van der Waals surface area contributed by atoms with Crippen LogP contribution < -0.4 is 16.4 Å². The molecule has 4 N–H and O–H groups in total. The predicted molar refractivity (Wildman–Crippen MR) is 124 cm³/mol. The van der Waals surface area contributed by atoms with Crippen LogP contribution in [0.3, 0.4) is 0 Å². The molecular formula is C23H35N3OS. The summed E-state index contributed by atoms with van der Waals surface area (Å²) in [6.45, 7) is 10.4. The number of carbonyl (C=O) groups is 1. The number of thiophene rings is 1. The van der Waals surface area contributed by atoms with E-state index in [-0.39, 0.29) is 0 Å². The molecular weight excluding hydrogens is 366 g/mol. The van der Waals surface area contributed by atoms with Gasteiger partial charge in [0.2, 0.25) is 0 Å². The Balaban J connectivity index is 0.000000511. The molecule has 0 saturated carbocycles. The lowest BCUT2D eigenvalue weighted by atomic mass is 10.1. The minimum absolute atomic E-state index is 0.498. The van der Waals surface area contributed by atoms with Crippen LogP contribution in [0.5, 0.6) is 0 Å². The van der Waals surface area contributed by atoms with Gasteiger partial charge in [-0.3, -0.25) is 4.79 Å². The van der Waals surface area contributed by atoms with Crippen molar-refractivity contribution in [1.29, 1.82) is 0 Å². The minimum Gasteiger partial charge on any atom is -0.397 e. The summed E-state index contributed by atoms with van der Waals surface area (Å²) in [5.74, 6) is 6.00. The Labute approximate surface area is 174 Å². The normalized spacial score (nSPS) is 14.4. The van der Waals surface area contributed by atoms with Crippen LogP contribution >= 0.6 is 11.3 Å². The molecule has 1 aromatic heterocycles. The maximum Gasteiger partial charge on any atom is 0.162 e. The number of carbonyl (C=O) groups excluding carboxylic acids is 1. The Morgan fingerprint density at radius 1 is 1.18 bits per heavy atom. The van der Waals surface area contributed by atoms with E-state index in [2.05, 4.69) is 22.5 Å². The van der Waals surface area contributed by atoms with E-state index >= 15 is 0 Å². The summed E-state index contributed by atoms with van der Waals surface area (Å²) in [6.07, 6.45) is 3.42. The SMILES string of the molecule is CC.CC.CNC1CCCNC1.Nc1cc(C#Cc2ccccc2)sc1C=O. The molecule has 0 amide bonds. The number of hydrogen-bond acceptors (Lipinski definition) is 5. The number of nitrogens with one attached hydrogen (secondary N) is 2. The highest BCUT2D eigenvalue weighted by atomic mass is 32.1. The fourth-order valence-corrected chi connectivity index (χ4v) is 3.08. The van der Waals surface area contributed by atoms with Gasteiger partial charge in [0.25, 0.3) is 0 Å². The van der Waals surface area contributed by atoms with E-state index in [0.717, 1.165) is 29.3 Å². The van der Waals surface area contributed by atoms with Gasteiger partial charge in [-0.15, -0.1) is 11.3 Å². The molecule has 5 heteroatoms. The Kier molecular flexibility index (Phi) is 15.7. The van der Waals surface area contributed by atoms with Crippen LogP contribution in [-0.4, -0.2) is 32.5 Å². The molecule has 1 aliphatic rings. The molecule has 0 aliphatic carbocycles. The van der Waals surface area contributed by atoms with Crippen molar-refractivity contribution in [2.75, 3.05) is 25.9 Å². The zero-order valence-electron chi connectivity index (χ0n) is 17.8. The third kappa shape index (κ3) is 10.3. The van der Waals surface area contributed by atoms with Crippen molar-refractivity contribution in [1.82, 2.24) is 10.6 Å². The van der Waals surface area contributed by atoms with Crippen molar-refractivity contribution < 1.29 is 4.79 Å². The number of rotatable bonds is 2. The molecule has 1 saturated heterocycles. The highest BCUT2D eigenvalue weighted by Crippen LogP contribution is 2.21. The van der Waals surface area contributed by atoms with E-state index in [1.807, 2.05) is 65.1 Å². The van der Waals surface area contributed by atoms with Gasteiger partial charge < -0.3 is 16.4 Å². The van der Waals surface area contributed by atoms with E-state index in [1.165, 1.54) is 30.7 Å². The second kappa shape index (κ2) is 17.0. The van der Waals surface area contributed by atoms with Gasteiger partial charge in [-0.1, -0.05) is 57.7 Å². The van der Waals surface area contributed by atoms with E-state index in [9.17, 15) is 4.79 Å². The minimum atomic E-state index is 0.498. The number of aldehydes is 1.